The highest BCUT2D eigenvalue weighted by atomic mass is 15.3. The molecule has 0 aliphatic rings. The van der Waals surface area contributed by atoms with Gasteiger partial charge in [-0.25, -0.2) is 4.68 Å². The van der Waals surface area contributed by atoms with Crippen LogP contribution in [0.5, 0.6) is 0 Å². The van der Waals surface area contributed by atoms with Crippen molar-refractivity contribution in [1.82, 2.24) is 19.6 Å². The molecule has 23 heavy (non-hydrogen) atoms. The lowest BCUT2D eigenvalue weighted by Crippen LogP contribution is -2.09. The quantitative estimate of drug-likeness (QED) is 0.571. The lowest BCUT2D eigenvalue weighted by atomic mass is 9.99. The van der Waals surface area contributed by atoms with E-state index in [1.165, 1.54) is 16.3 Å². The van der Waals surface area contributed by atoms with Crippen molar-refractivity contribution in [2.75, 3.05) is 0 Å². The Balaban J connectivity index is 1.84. The summed E-state index contributed by atoms with van der Waals surface area (Å²) in [5.41, 5.74) is 1.22. The van der Waals surface area contributed by atoms with Gasteiger partial charge in [0.1, 0.15) is 0 Å². The van der Waals surface area contributed by atoms with E-state index in [9.17, 15) is 0 Å². The van der Waals surface area contributed by atoms with E-state index in [0.717, 1.165) is 0 Å². The van der Waals surface area contributed by atoms with Crippen LogP contribution in [-0.4, -0.2) is 19.6 Å². The molecule has 0 saturated carbocycles. The van der Waals surface area contributed by atoms with E-state index in [1.807, 2.05) is 35.4 Å². The molecule has 2 aromatic carbocycles. The Bertz CT molecular complexity index is 916. The van der Waals surface area contributed by atoms with Gasteiger partial charge in [0.2, 0.25) is 0 Å². The van der Waals surface area contributed by atoms with E-state index in [4.69, 9.17) is 0 Å². The van der Waals surface area contributed by atoms with Gasteiger partial charge >= 0.3 is 0 Å². The molecule has 0 N–H and O–H groups in total. The van der Waals surface area contributed by atoms with Gasteiger partial charge in [0.15, 0.2) is 0 Å². The first-order valence-corrected chi connectivity index (χ1v) is 7.56. The van der Waals surface area contributed by atoms with Crippen molar-refractivity contribution in [1.29, 1.82) is 0 Å². The van der Waals surface area contributed by atoms with Gasteiger partial charge < -0.3 is 0 Å². The average Bonchev–Trinajstić information content (AvgIpc) is 3.29. The maximum absolute atomic E-state index is 4.44. The first-order chi connectivity index (χ1) is 11.4. The smallest absolute Gasteiger partial charge is 0.0973 e. The Kier molecular flexibility index (Phi) is 3.48. The van der Waals surface area contributed by atoms with E-state index >= 15 is 0 Å². The van der Waals surface area contributed by atoms with Crippen molar-refractivity contribution in [2.24, 2.45) is 0 Å². The van der Waals surface area contributed by atoms with Gasteiger partial charge in [-0.2, -0.15) is 10.2 Å². The molecule has 1 unspecified atom stereocenters. The molecule has 0 spiro atoms. The molecule has 4 rings (SSSR count). The lowest BCUT2D eigenvalue weighted by Gasteiger charge is -2.16. The highest BCUT2D eigenvalue weighted by molar-refractivity contribution is 5.86. The number of hydrogen-bond donors (Lipinski definition) is 0. The van der Waals surface area contributed by atoms with Crippen LogP contribution in [-0.2, 0) is 0 Å². The second-order valence-electron chi connectivity index (χ2n) is 5.33. The van der Waals surface area contributed by atoms with Crippen LogP contribution in [0.2, 0.25) is 0 Å². The predicted octanol–water partition coefficient (Wildman–Crippen LogP) is 3.99. The minimum absolute atomic E-state index is 0.0142. The highest BCUT2D eigenvalue weighted by Crippen LogP contribution is 2.27. The number of fused-ring (bicyclic) bond motifs is 1. The number of allylic oxidation sites excluding steroid dienone is 1. The fraction of sp³-hybridized carbons (Fsp3) is 0.0526. The van der Waals surface area contributed by atoms with Crippen molar-refractivity contribution >= 4 is 17.0 Å². The summed E-state index contributed by atoms with van der Waals surface area (Å²) < 4.78 is 3.75. The van der Waals surface area contributed by atoms with Crippen molar-refractivity contribution in [3.05, 3.63) is 91.0 Å². The molecular formula is C19H16N4. The van der Waals surface area contributed by atoms with Crippen LogP contribution in [0.15, 0.2) is 85.5 Å². The summed E-state index contributed by atoms with van der Waals surface area (Å²) in [4.78, 5) is 0. The zero-order chi connectivity index (χ0) is 15.5. The summed E-state index contributed by atoms with van der Waals surface area (Å²) in [6.07, 6.45) is 11.6. The van der Waals surface area contributed by atoms with Crippen molar-refractivity contribution in [3.63, 3.8) is 0 Å². The van der Waals surface area contributed by atoms with Crippen LogP contribution < -0.4 is 0 Å². The number of hydrogen-bond acceptors (Lipinski definition) is 2. The van der Waals surface area contributed by atoms with E-state index in [2.05, 4.69) is 58.7 Å². The summed E-state index contributed by atoms with van der Waals surface area (Å²) in [5.74, 6) is 0. The highest BCUT2D eigenvalue weighted by Gasteiger charge is 2.13. The fourth-order valence-electron chi connectivity index (χ4n) is 2.83. The zero-order valence-electron chi connectivity index (χ0n) is 12.5. The SMILES string of the molecule is C(=C\n1cccn1)/C(c1cccc2ccccc12)n1cccn1. The second-order valence-corrected chi connectivity index (χ2v) is 5.33. The molecule has 0 aliphatic heterocycles. The molecule has 4 aromatic rings. The molecule has 4 nitrogen and oxygen atoms in total. The molecule has 0 bridgehead atoms. The number of benzene rings is 2. The van der Waals surface area contributed by atoms with Crippen LogP contribution in [0.3, 0.4) is 0 Å². The van der Waals surface area contributed by atoms with Crippen LogP contribution in [0.25, 0.3) is 17.0 Å². The Hall–Kier alpha value is -3.14. The second kappa shape index (κ2) is 5.93. The predicted molar refractivity (Wildman–Crippen MR) is 91.9 cm³/mol. The molecular weight excluding hydrogens is 284 g/mol. The topological polar surface area (TPSA) is 35.6 Å². The molecule has 0 saturated heterocycles. The lowest BCUT2D eigenvalue weighted by molar-refractivity contribution is 0.615. The Morgan fingerprint density at radius 3 is 2.48 bits per heavy atom. The monoisotopic (exact) mass is 300 g/mol. The first kappa shape index (κ1) is 13.5. The third-order valence-corrected chi connectivity index (χ3v) is 3.90. The van der Waals surface area contributed by atoms with Crippen LogP contribution >= 0.6 is 0 Å². The van der Waals surface area contributed by atoms with E-state index in [0.29, 0.717) is 0 Å². The summed E-state index contributed by atoms with van der Waals surface area (Å²) >= 11 is 0. The maximum Gasteiger partial charge on any atom is 0.0973 e. The normalized spacial score (nSPS) is 12.9. The minimum atomic E-state index is 0.0142. The summed E-state index contributed by atoms with van der Waals surface area (Å²) in [6, 6.07) is 18.7. The molecule has 2 heterocycles. The number of rotatable bonds is 4. The van der Waals surface area contributed by atoms with Gasteiger partial charge in [-0.1, -0.05) is 42.5 Å². The Morgan fingerprint density at radius 2 is 1.65 bits per heavy atom. The molecule has 1 atom stereocenters. The number of aromatic nitrogens is 4. The van der Waals surface area contributed by atoms with E-state index in [-0.39, 0.29) is 6.04 Å². The molecule has 0 radical (unpaired) electrons. The van der Waals surface area contributed by atoms with Gasteiger partial charge in [-0.3, -0.25) is 4.68 Å². The molecule has 0 amide bonds. The van der Waals surface area contributed by atoms with Gasteiger partial charge in [0.05, 0.1) is 6.04 Å². The Labute approximate surface area is 134 Å². The third-order valence-electron chi connectivity index (χ3n) is 3.90. The maximum atomic E-state index is 4.44. The van der Waals surface area contributed by atoms with Crippen LogP contribution in [0.1, 0.15) is 11.6 Å². The summed E-state index contributed by atoms with van der Waals surface area (Å²) in [7, 11) is 0. The van der Waals surface area contributed by atoms with Gasteiger partial charge in [0.25, 0.3) is 0 Å². The number of nitrogens with zero attached hydrogens (tertiary/aromatic N) is 4. The van der Waals surface area contributed by atoms with Gasteiger partial charge in [0, 0.05) is 31.0 Å². The van der Waals surface area contributed by atoms with Crippen molar-refractivity contribution in [3.8, 4) is 0 Å². The summed E-state index contributed by atoms with van der Waals surface area (Å²) in [5, 5.41) is 11.1. The average molecular weight is 300 g/mol. The van der Waals surface area contributed by atoms with Gasteiger partial charge in [-0.15, -0.1) is 0 Å². The standard InChI is InChI=1S/C19H16N4/c1-2-8-17-16(6-1)7-3-9-18(17)19(23-14-5-12-21-23)10-15-22-13-4-11-20-22/h1-15,19H/b15-10+. The van der Waals surface area contributed by atoms with Gasteiger partial charge in [-0.05, 0) is 34.5 Å². The molecule has 0 aliphatic carbocycles. The molecule has 112 valence electrons. The molecule has 0 fully saturated rings. The van der Waals surface area contributed by atoms with E-state index < -0.39 is 0 Å². The molecule has 2 aromatic heterocycles. The Morgan fingerprint density at radius 1 is 0.826 bits per heavy atom. The first-order valence-electron chi connectivity index (χ1n) is 7.56. The summed E-state index contributed by atoms with van der Waals surface area (Å²) in [6.45, 7) is 0. The van der Waals surface area contributed by atoms with Crippen LogP contribution in [0.4, 0.5) is 0 Å². The van der Waals surface area contributed by atoms with Crippen LogP contribution in [0, 0.1) is 0 Å². The van der Waals surface area contributed by atoms with Crippen molar-refractivity contribution < 1.29 is 0 Å². The molecule has 4 heteroatoms. The fourth-order valence-corrected chi connectivity index (χ4v) is 2.83. The van der Waals surface area contributed by atoms with E-state index in [1.54, 1.807) is 17.1 Å². The minimum Gasteiger partial charge on any atom is -0.261 e. The zero-order valence-corrected chi connectivity index (χ0v) is 12.5. The van der Waals surface area contributed by atoms with Crippen molar-refractivity contribution in [2.45, 2.75) is 6.04 Å². The third kappa shape index (κ3) is 2.66. The largest absolute Gasteiger partial charge is 0.261 e.